The van der Waals surface area contributed by atoms with E-state index in [1.165, 1.54) is 29.0 Å². The molecule has 1 aromatic heterocycles. The Morgan fingerprint density at radius 2 is 1.47 bits per heavy atom. The first-order chi connectivity index (χ1) is 17.5. The Labute approximate surface area is 211 Å². The zero-order chi connectivity index (χ0) is 25.1. The van der Waals surface area contributed by atoms with Gasteiger partial charge in [-0.15, -0.1) is 0 Å². The van der Waals surface area contributed by atoms with Gasteiger partial charge in [0.05, 0.1) is 16.0 Å². The lowest BCUT2D eigenvalue weighted by Crippen LogP contribution is -2.50. The molecule has 36 heavy (non-hydrogen) atoms. The summed E-state index contributed by atoms with van der Waals surface area (Å²) in [6.45, 7) is 1.11. The van der Waals surface area contributed by atoms with Crippen LogP contribution in [0.1, 0.15) is 20.7 Å². The Morgan fingerprint density at radius 3 is 2.22 bits per heavy atom. The molecule has 0 saturated carbocycles. The first-order valence-electron chi connectivity index (χ1n) is 11.4. The van der Waals surface area contributed by atoms with Gasteiger partial charge in [0.15, 0.2) is 11.6 Å². The van der Waals surface area contributed by atoms with Gasteiger partial charge in [0.1, 0.15) is 0 Å². The van der Waals surface area contributed by atoms with Gasteiger partial charge in [0, 0.05) is 49.0 Å². The molecule has 5 rings (SSSR count). The molecular formula is C27H22F2N4O2S. The number of nitrogens with one attached hydrogen (secondary N) is 1. The highest BCUT2D eigenvalue weighted by Gasteiger charge is 2.27. The molecule has 2 heterocycles. The van der Waals surface area contributed by atoms with Crippen LogP contribution in [0.5, 0.6) is 0 Å². The normalized spacial score (nSPS) is 13.6. The number of fused-ring (bicyclic) bond motifs is 1. The molecule has 0 unspecified atom stereocenters. The molecule has 1 fully saturated rings. The van der Waals surface area contributed by atoms with Gasteiger partial charge in [-0.3, -0.25) is 14.6 Å². The van der Waals surface area contributed by atoms with Crippen molar-refractivity contribution in [2.24, 2.45) is 0 Å². The second-order valence-corrected chi connectivity index (χ2v) is 9.15. The number of anilines is 1. The fourth-order valence-electron chi connectivity index (χ4n) is 4.09. The second-order valence-electron chi connectivity index (χ2n) is 8.30. The summed E-state index contributed by atoms with van der Waals surface area (Å²) in [5.41, 5.74) is 2.00. The molecule has 0 aliphatic carbocycles. The van der Waals surface area contributed by atoms with Gasteiger partial charge < -0.3 is 14.5 Å². The minimum absolute atomic E-state index is 0.142. The van der Waals surface area contributed by atoms with E-state index in [1.807, 2.05) is 42.5 Å². The highest BCUT2D eigenvalue weighted by molar-refractivity contribution is 8.00. The molecule has 1 aliphatic heterocycles. The third-order valence-electron chi connectivity index (χ3n) is 6.04. The number of aromatic nitrogens is 1. The van der Waals surface area contributed by atoms with E-state index in [-0.39, 0.29) is 24.6 Å². The van der Waals surface area contributed by atoms with Gasteiger partial charge in [-0.05, 0) is 60.5 Å². The van der Waals surface area contributed by atoms with Crippen LogP contribution in [-0.2, 0) is 0 Å². The molecule has 2 amide bonds. The zero-order valence-electron chi connectivity index (χ0n) is 19.2. The largest absolute Gasteiger partial charge is 0.335 e. The van der Waals surface area contributed by atoms with Gasteiger partial charge in [-0.2, -0.15) is 0 Å². The molecule has 1 saturated heterocycles. The summed E-state index contributed by atoms with van der Waals surface area (Å²) in [5, 5.41) is 1.06. The van der Waals surface area contributed by atoms with E-state index in [2.05, 4.69) is 9.71 Å². The van der Waals surface area contributed by atoms with Crippen molar-refractivity contribution in [3.05, 3.63) is 102 Å². The Hall–Kier alpha value is -3.98. The summed E-state index contributed by atoms with van der Waals surface area (Å²) in [4.78, 5) is 34.1. The second kappa shape index (κ2) is 10.3. The Bertz CT molecular complexity index is 1420. The minimum Gasteiger partial charge on any atom is -0.335 e. The van der Waals surface area contributed by atoms with Gasteiger partial charge >= 0.3 is 0 Å². The first kappa shape index (κ1) is 23.7. The standard InChI is InChI=1S/C27H22F2N4O2S/c28-22-7-2-6-21(24(22)29)27(35)33-16-14-32(15-17-33)26(34)19-9-11-20(12-10-19)31-36-23-8-1-4-18-5-3-13-30-25(18)23/h1-13,31H,14-17H2. The van der Waals surface area contributed by atoms with Gasteiger partial charge in [0.2, 0.25) is 0 Å². The average molecular weight is 505 g/mol. The maximum absolute atomic E-state index is 14.0. The number of pyridine rings is 1. The van der Waals surface area contributed by atoms with Crippen molar-refractivity contribution >= 4 is 40.4 Å². The number of hydrogen-bond acceptors (Lipinski definition) is 5. The van der Waals surface area contributed by atoms with Crippen LogP contribution >= 0.6 is 11.9 Å². The van der Waals surface area contributed by atoms with Crippen molar-refractivity contribution in [1.29, 1.82) is 0 Å². The molecule has 1 aliphatic rings. The highest BCUT2D eigenvalue weighted by Crippen LogP contribution is 2.27. The first-order valence-corrected chi connectivity index (χ1v) is 12.2. The van der Waals surface area contributed by atoms with Crippen LogP contribution in [0.3, 0.4) is 0 Å². The maximum Gasteiger partial charge on any atom is 0.257 e. The molecular weight excluding hydrogens is 482 g/mol. The number of carbonyl (C=O) groups excluding carboxylic acids is 2. The molecule has 182 valence electrons. The molecule has 0 radical (unpaired) electrons. The number of rotatable bonds is 5. The topological polar surface area (TPSA) is 65.5 Å². The SMILES string of the molecule is O=C(c1ccc(NSc2cccc3cccnc23)cc1)N1CCN(C(=O)c2cccc(F)c2F)CC1. The number of para-hydroxylation sites is 1. The predicted octanol–water partition coefficient (Wildman–Crippen LogP) is 5.23. The van der Waals surface area contributed by atoms with Crippen LogP contribution < -0.4 is 4.72 Å². The van der Waals surface area contributed by atoms with Crippen LogP contribution in [0.15, 0.2) is 83.9 Å². The molecule has 0 atom stereocenters. The van der Waals surface area contributed by atoms with Crippen LogP contribution in [0, 0.1) is 11.6 Å². The summed E-state index contributed by atoms with van der Waals surface area (Å²) in [7, 11) is 0. The molecule has 0 spiro atoms. The van der Waals surface area contributed by atoms with Crippen LogP contribution in [0.4, 0.5) is 14.5 Å². The van der Waals surface area contributed by atoms with Crippen molar-refractivity contribution < 1.29 is 18.4 Å². The molecule has 4 aromatic rings. The Kier molecular flexibility index (Phi) is 6.81. The van der Waals surface area contributed by atoms with Crippen molar-refractivity contribution in [1.82, 2.24) is 14.8 Å². The number of benzene rings is 3. The van der Waals surface area contributed by atoms with E-state index in [0.29, 0.717) is 18.7 Å². The summed E-state index contributed by atoms with van der Waals surface area (Å²) in [6, 6.07) is 20.7. The molecule has 6 nitrogen and oxygen atoms in total. The number of halogens is 2. The monoisotopic (exact) mass is 504 g/mol. The average Bonchev–Trinajstić information content (AvgIpc) is 2.93. The molecule has 1 N–H and O–H groups in total. The van der Waals surface area contributed by atoms with Gasteiger partial charge in [-0.25, -0.2) is 8.78 Å². The van der Waals surface area contributed by atoms with E-state index in [4.69, 9.17) is 0 Å². The highest BCUT2D eigenvalue weighted by atomic mass is 32.2. The lowest BCUT2D eigenvalue weighted by Gasteiger charge is -2.35. The van der Waals surface area contributed by atoms with E-state index < -0.39 is 17.5 Å². The fourth-order valence-corrected chi connectivity index (χ4v) is 4.87. The minimum atomic E-state index is -1.15. The summed E-state index contributed by atoms with van der Waals surface area (Å²) in [5.74, 6) is -2.92. The van der Waals surface area contributed by atoms with E-state index in [1.54, 1.807) is 23.2 Å². The zero-order valence-corrected chi connectivity index (χ0v) is 20.0. The number of carbonyl (C=O) groups is 2. The fraction of sp³-hybridized carbons (Fsp3) is 0.148. The smallest absolute Gasteiger partial charge is 0.257 e. The van der Waals surface area contributed by atoms with Crippen molar-refractivity contribution in [2.45, 2.75) is 4.90 Å². The van der Waals surface area contributed by atoms with Crippen LogP contribution in [0.2, 0.25) is 0 Å². The van der Waals surface area contributed by atoms with Gasteiger partial charge in [-0.1, -0.05) is 24.3 Å². The maximum atomic E-state index is 14.0. The predicted molar refractivity (Wildman–Crippen MR) is 136 cm³/mol. The van der Waals surface area contributed by atoms with E-state index in [9.17, 15) is 18.4 Å². The molecule has 0 bridgehead atoms. The molecule has 9 heteroatoms. The number of hydrogen-bond donors (Lipinski definition) is 1. The van der Waals surface area contributed by atoms with Crippen LogP contribution in [-0.4, -0.2) is 52.8 Å². The van der Waals surface area contributed by atoms with Crippen molar-refractivity contribution in [2.75, 3.05) is 30.9 Å². The Morgan fingerprint density at radius 1 is 0.806 bits per heavy atom. The van der Waals surface area contributed by atoms with Gasteiger partial charge in [0.25, 0.3) is 11.8 Å². The lowest BCUT2D eigenvalue weighted by molar-refractivity contribution is 0.0532. The van der Waals surface area contributed by atoms with Crippen molar-refractivity contribution in [3.8, 4) is 0 Å². The number of amides is 2. The van der Waals surface area contributed by atoms with Crippen molar-refractivity contribution in [3.63, 3.8) is 0 Å². The van der Waals surface area contributed by atoms with E-state index in [0.717, 1.165) is 27.6 Å². The number of piperazine rings is 1. The van der Waals surface area contributed by atoms with E-state index >= 15 is 0 Å². The number of nitrogens with zero attached hydrogens (tertiary/aromatic N) is 3. The quantitative estimate of drug-likeness (QED) is 0.377. The summed E-state index contributed by atoms with van der Waals surface area (Å²) < 4.78 is 30.8. The lowest BCUT2D eigenvalue weighted by atomic mass is 10.1. The third kappa shape index (κ3) is 4.87. The summed E-state index contributed by atoms with van der Waals surface area (Å²) >= 11 is 1.45. The summed E-state index contributed by atoms with van der Waals surface area (Å²) in [6.07, 6.45) is 1.77. The third-order valence-corrected chi connectivity index (χ3v) is 6.93. The Balaban J connectivity index is 1.17. The van der Waals surface area contributed by atoms with Crippen LogP contribution in [0.25, 0.3) is 10.9 Å². The molecule has 3 aromatic carbocycles.